The van der Waals surface area contributed by atoms with Gasteiger partial charge in [0, 0.05) is 22.5 Å². The van der Waals surface area contributed by atoms with Crippen LogP contribution in [0.5, 0.6) is 0 Å². The molecule has 21 heavy (non-hydrogen) atoms. The van der Waals surface area contributed by atoms with Gasteiger partial charge in [0.15, 0.2) is 0 Å². The van der Waals surface area contributed by atoms with Gasteiger partial charge in [-0.05, 0) is 42.5 Å². The van der Waals surface area contributed by atoms with Crippen LogP contribution in [-0.2, 0) is 4.79 Å². The van der Waals surface area contributed by atoms with Crippen molar-refractivity contribution in [1.29, 1.82) is 5.41 Å². The van der Waals surface area contributed by atoms with Crippen LogP contribution in [0.1, 0.15) is 35.4 Å². The van der Waals surface area contributed by atoms with Gasteiger partial charge >= 0.3 is 0 Å². The molecule has 2 aromatic rings. The summed E-state index contributed by atoms with van der Waals surface area (Å²) < 4.78 is 0. The maximum atomic E-state index is 10.5. The Balaban J connectivity index is 1.89. The van der Waals surface area contributed by atoms with Gasteiger partial charge in [-0.25, -0.2) is 0 Å². The quantitative estimate of drug-likeness (QED) is 0.446. The Morgan fingerprint density at radius 2 is 1.90 bits per heavy atom. The normalized spacial score (nSPS) is 13.7. The Labute approximate surface area is 123 Å². The van der Waals surface area contributed by atoms with Crippen molar-refractivity contribution in [1.82, 2.24) is 0 Å². The summed E-state index contributed by atoms with van der Waals surface area (Å²) in [5.41, 5.74) is 10.3. The van der Waals surface area contributed by atoms with Crippen LogP contribution < -0.4 is 11.1 Å². The third-order valence-electron chi connectivity index (χ3n) is 3.80. The Bertz CT molecular complexity index is 688. The highest BCUT2D eigenvalue weighted by Crippen LogP contribution is 2.40. The fraction of sp³-hybridized carbons (Fsp3) is 0.176. The number of carbonyl (C=O) groups is 1. The molecule has 1 fully saturated rings. The van der Waals surface area contributed by atoms with Crippen LogP contribution in [0.2, 0.25) is 0 Å². The lowest BCUT2D eigenvalue weighted by atomic mass is 9.98. The molecule has 4 nitrogen and oxygen atoms in total. The van der Waals surface area contributed by atoms with Gasteiger partial charge < -0.3 is 11.1 Å². The van der Waals surface area contributed by atoms with E-state index in [2.05, 4.69) is 17.4 Å². The van der Waals surface area contributed by atoms with Crippen LogP contribution in [0.4, 0.5) is 11.4 Å². The molecule has 0 unspecified atom stereocenters. The lowest BCUT2D eigenvalue weighted by Crippen LogP contribution is -2.07. The molecule has 2 aromatic carbocycles. The largest absolute Gasteiger partial charge is 0.398 e. The van der Waals surface area contributed by atoms with E-state index in [0.29, 0.717) is 35.0 Å². The highest BCUT2D eigenvalue weighted by molar-refractivity contribution is 6.14. The number of benzene rings is 2. The second-order valence-electron chi connectivity index (χ2n) is 5.34. The molecular formula is C17H17N3O. The van der Waals surface area contributed by atoms with E-state index in [-0.39, 0.29) is 0 Å². The van der Waals surface area contributed by atoms with Crippen LogP contribution in [-0.4, -0.2) is 12.1 Å². The summed E-state index contributed by atoms with van der Waals surface area (Å²) in [6.45, 7) is 0. The number of hydrogen-bond donors (Lipinski definition) is 3. The maximum absolute atomic E-state index is 10.5. The molecule has 1 saturated carbocycles. The minimum absolute atomic E-state index is 0.365. The number of amides is 1. The van der Waals surface area contributed by atoms with E-state index < -0.39 is 0 Å². The highest BCUT2D eigenvalue weighted by Gasteiger charge is 2.23. The van der Waals surface area contributed by atoms with Gasteiger partial charge in [-0.1, -0.05) is 24.3 Å². The molecule has 0 heterocycles. The maximum Gasteiger partial charge on any atom is 0.211 e. The van der Waals surface area contributed by atoms with E-state index in [1.165, 1.54) is 18.4 Å². The summed E-state index contributed by atoms with van der Waals surface area (Å²) in [6.07, 6.45) is 3.15. The minimum Gasteiger partial charge on any atom is -0.398 e. The SMILES string of the molecule is N=C(c1ccc(C2CC2)cc1)c1cc(NC=O)ccc1N. The first-order valence-electron chi connectivity index (χ1n) is 6.98. The van der Waals surface area contributed by atoms with E-state index in [1.807, 2.05) is 12.1 Å². The number of rotatable bonds is 5. The van der Waals surface area contributed by atoms with Crippen LogP contribution in [0, 0.1) is 5.41 Å². The molecule has 3 rings (SSSR count). The molecule has 0 saturated heterocycles. The molecule has 0 radical (unpaired) electrons. The Hall–Kier alpha value is -2.62. The van der Waals surface area contributed by atoms with Crippen molar-refractivity contribution < 1.29 is 4.79 Å². The fourth-order valence-corrected chi connectivity index (χ4v) is 2.42. The molecule has 0 bridgehead atoms. The van der Waals surface area contributed by atoms with Crippen LogP contribution in [0.25, 0.3) is 0 Å². The molecule has 4 heteroatoms. The van der Waals surface area contributed by atoms with Crippen molar-refractivity contribution >= 4 is 23.5 Å². The second kappa shape index (κ2) is 5.40. The zero-order valence-electron chi connectivity index (χ0n) is 11.6. The molecule has 1 aliphatic carbocycles. The van der Waals surface area contributed by atoms with Gasteiger partial charge in [-0.2, -0.15) is 0 Å². The predicted octanol–water partition coefficient (Wildman–Crippen LogP) is 3.13. The number of hydrogen-bond acceptors (Lipinski definition) is 3. The number of nitrogen functional groups attached to an aromatic ring is 1. The van der Waals surface area contributed by atoms with E-state index in [9.17, 15) is 4.79 Å². The molecule has 1 aliphatic rings. The van der Waals surface area contributed by atoms with E-state index >= 15 is 0 Å². The van der Waals surface area contributed by atoms with Crippen molar-refractivity contribution in [3.05, 3.63) is 59.2 Å². The zero-order chi connectivity index (χ0) is 14.8. The summed E-state index contributed by atoms with van der Waals surface area (Å²) in [6, 6.07) is 13.3. The summed E-state index contributed by atoms with van der Waals surface area (Å²) in [5.74, 6) is 0.707. The van der Waals surface area contributed by atoms with Crippen molar-refractivity contribution in [3.63, 3.8) is 0 Å². The van der Waals surface area contributed by atoms with Crippen molar-refractivity contribution in [2.45, 2.75) is 18.8 Å². The van der Waals surface area contributed by atoms with E-state index in [0.717, 1.165) is 5.56 Å². The summed E-state index contributed by atoms with van der Waals surface area (Å²) in [4.78, 5) is 10.5. The van der Waals surface area contributed by atoms with E-state index in [4.69, 9.17) is 11.1 Å². The average molecular weight is 279 g/mol. The summed E-state index contributed by atoms with van der Waals surface area (Å²) in [7, 11) is 0. The lowest BCUT2D eigenvalue weighted by molar-refractivity contribution is -0.105. The number of carbonyl (C=O) groups excluding carboxylic acids is 1. The van der Waals surface area contributed by atoms with Crippen LogP contribution in [0.15, 0.2) is 42.5 Å². The monoisotopic (exact) mass is 279 g/mol. The van der Waals surface area contributed by atoms with Crippen molar-refractivity contribution in [3.8, 4) is 0 Å². The first-order valence-corrected chi connectivity index (χ1v) is 6.98. The highest BCUT2D eigenvalue weighted by atomic mass is 16.1. The molecule has 0 aromatic heterocycles. The van der Waals surface area contributed by atoms with E-state index in [1.54, 1.807) is 18.2 Å². The van der Waals surface area contributed by atoms with Gasteiger partial charge in [-0.3, -0.25) is 10.2 Å². The average Bonchev–Trinajstić information content (AvgIpc) is 3.34. The molecule has 1 amide bonds. The first kappa shape index (κ1) is 13.4. The van der Waals surface area contributed by atoms with Crippen LogP contribution >= 0.6 is 0 Å². The second-order valence-corrected chi connectivity index (χ2v) is 5.34. The molecular weight excluding hydrogens is 262 g/mol. The number of nitrogens with one attached hydrogen (secondary N) is 2. The van der Waals surface area contributed by atoms with Gasteiger partial charge in [0.2, 0.25) is 6.41 Å². The molecule has 0 atom stereocenters. The lowest BCUT2D eigenvalue weighted by Gasteiger charge is -2.10. The third-order valence-corrected chi connectivity index (χ3v) is 3.80. The Morgan fingerprint density at radius 1 is 1.19 bits per heavy atom. The standard InChI is InChI=1S/C17H17N3O/c18-16-8-7-14(20-10-21)9-15(16)17(19)13-5-3-12(4-6-13)11-1-2-11/h3-11,19H,1-2,18H2,(H,20,21). The molecule has 4 N–H and O–H groups in total. The molecule has 0 spiro atoms. The molecule has 0 aliphatic heterocycles. The number of anilines is 2. The Morgan fingerprint density at radius 3 is 2.52 bits per heavy atom. The summed E-state index contributed by atoms with van der Waals surface area (Å²) in [5, 5.41) is 10.9. The topological polar surface area (TPSA) is 79.0 Å². The first-order chi connectivity index (χ1) is 10.2. The molecule has 106 valence electrons. The van der Waals surface area contributed by atoms with Crippen LogP contribution in [0.3, 0.4) is 0 Å². The smallest absolute Gasteiger partial charge is 0.211 e. The summed E-state index contributed by atoms with van der Waals surface area (Å²) >= 11 is 0. The predicted molar refractivity (Wildman–Crippen MR) is 84.9 cm³/mol. The fourth-order valence-electron chi connectivity index (χ4n) is 2.42. The van der Waals surface area contributed by atoms with Gasteiger partial charge in [-0.15, -0.1) is 0 Å². The van der Waals surface area contributed by atoms with Crippen molar-refractivity contribution in [2.24, 2.45) is 0 Å². The van der Waals surface area contributed by atoms with Crippen molar-refractivity contribution in [2.75, 3.05) is 11.1 Å². The van der Waals surface area contributed by atoms with Gasteiger partial charge in [0.05, 0.1) is 5.71 Å². The minimum atomic E-state index is 0.365. The van der Waals surface area contributed by atoms with Gasteiger partial charge in [0.1, 0.15) is 0 Å². The van der Waals surface area contributed by atoms with Gasteiger partial charge in [0.25, 0.3) is 0 Å². The Kier molecular flexibility index (Phi) is 3.44. The number of nitrogens with two attached hydrogens (primary N) is 1. The zero-order valence-corrected chi connectivity index (χ0v) is 11.6. The third kappa shape index (κ3) is 2.79.